The molecule has 0 aromatic rings. The molecule has 5 rings (SSSR count). The van der Waals surface area contributed by atoms with Crippen molar-refractivity contribution in [1.82, 2.24) is 0 Å². The van der Waals surface area contributed by atoms with Crippen LogP contribution in [0.1, 0.15) is 92.9 Å². The Labute approximate surface area is 221 Å². The van der Waals surface area contributed by atoms with Gasteiger partial charge in [-0.25, -0.2) is 4.79 Å². The van der Waals surface area contributed by atoms with Gasteiger partial charge in [-0.15, -0.1) is 0 Å². The molecule has 4 aliphatic carbocycles. The van der Waals surface area contributed by atoms with Crippen LogP contribution in [0.25, 0.3) is 0 Å². The third-order valence-corrected chi connectivity index (χ3v) is 11.5. The Bertz CT molecular complexity index is 981. The van der Waals surface area contributed by atoms with Crippen molar-refractivity contribution in [2.24, 2.45) is 40.4 Å². The molecular weight excluding hydrogens is 472 g/mol. The fraction of sp³-hybridized carbons (Fsp3) is 0.867. The number of esters is 2. The summed E-state index contributed by atoms with van der Waals surface area (Å²) in [6.07, 6.45) is 3.94. The molecule has 0 aromatic heterocycles. The first-order valence-corrected chi connectivity index (χ1v) is 14.4. The van der Waals surface area contributed by atoms with Gasteiger partial charge in [0.05, 0.1) is 17.8 Å². The summed E-state index contributed by atoms with van der Waals surface area (Å²) in [4.78, 5) is 25.5. The van der Waals surface area contributed by atoms with E-state index in [0.29, 0.717) is 37.2 Å². The first-order chi connectivity index (χ1) is 17.2. The summed E-state index contributed by atoms with van der Waals surface area (Å²) in [7, 11) is 0. The Morgan fingerprint density at radius 2 is 1.73 bits per heavy atom. The predicted molar refractivity (Wildman–Crippen MR) is 137 cm³/mol. The Kier molecular flexibility index (Phi) is 6.64. The molecule has 7 heteroatoms. The average molecular weight is 519 g/mol. The third kappa shape index (κ3) is 4.19. The van der Waals surface area contributed by atoms with Gasteiger partial charge < -0.3 is 24.8 Å². The number of cyclic esters (lactones) is 1. The standard InChI is InChI=1S/C30H46O7/c1-15-18-8-9-19-26(29(18,5)12-11-21(15)32)22(33)13-20-25(23(36-16(2)31)14-30(19,20)6)17-7-10-24(28(3,4)35)37-27(17)34/h15,18-24,26,32-33,35H,7-14H2,1-6H3/b25-17-/t15-,18-,19?,20-,21+,22?,23-,24+,26-,29-,30+/m0/s1. The van der Waals surface area contributed by atoms with Crippen molar-refractivity contribution in [2.75, 3.05) is 0 Å². The fourth-order valence-corrected chi connectivity index (χ4v) is 9.76. The van der Waals surface area contributed by atoms with E-state index in [-0.39, 0.29) is 46.6 Å². The highest BCUT2D eigenvalue weighted by atomic mass is 16.6. The van der Waals surface area contributed by atoms with Crippen LogP contribution in [0.3, 0.4) is 0 Å². The fourth-order valence-electron chi connectivity index (χ4n) is 9.76. The highest BCUT2D eigenvalue weighted by Crippen LogP contribution is 2.69. The number of hydrogen-bond acceptors (Lipinski definition) is 7. The molecule has 0 aromatic carbocycles. The van der Waals surface area contributed by atoms with Crippen LogP contribution in [0.15, 0.2) is 11.1 Å². The van der Waals surface area contributed by atoms with Crippen LogP contribution < -0.4 is 0 Å². The molecule has 7 nitrogen and oxygen atoms in total. The molecule has 11 atom stereocenters. The number of aliphatic hydroxyl groups excluding tert-OH is 2. The zero-order chi connectivity index (χ0) is 27.1. The van der Waals surface area contributed by atoms with Gasteiger partial charge in [0.15, 0.2) is 0 Å². The summed E-state index contributed by atoms with van der Waals surface area (Å²) >= 11 is 0. The second-order valence-electron chi connectivity index (χ2n) is 14.0. The monoisotopic (exact) mass is 518 g/mol. The molecule has 2 unspecified atom stereocenters. The minimum absolute atomic E-state index is 0.0501. The Morgan fingerprint density at radius 1 is 1.05 bits per heavy atom. The van der Waals surface area contributed by atoms with Crippen LogP contribution in [0, 0.1) is 40.4 Å². The minimum Gasteiger partial charge on any atom is -0.458 e. The number of ether oxygens (including phenoxy) is 2. The smallest absolute Gasteiger partial charge is 0.334 e. The molecule has 1 heterocycles. The maximum atomic E-state index is 13.3. The van der Waals surface area contributed by atoms with Gasteiger partial charge in [-0.3, -0.25) is 4.79 Å². The molecule has 4 saturated carbocycles. The van der Waals surface area contributed by atoms with E-state index in [1.807, 2.05) is 0 Å². The Balaban J connectivity index is 1.53. The van der Waals surface area contributed by atoms with Crippen LogP contribution in [-0.4, -0.2) is 57.3 Å². The van der Waals surface area contributed by atoms with Crippen molar-refractivity contribution < 1.29 is 34.4 Å². The van der Waals surface area contributed by atoms with E-state index >= 15 is 0 Å². The molecule has 37 heavy (non-hydrogen) atoms. The Hall–Kier alpha value is -1.44. The number of carbonyl (C=O) groups is 2. The van der Waals surface area contributed by atoms with Crippen LogP contribution >= 0.6 is 0 Å². The highest BCUT2D eigenvalue weighted by molar-refractivity contribution is 5.91. The summed E-state index contributed by atoms with van der Waals surface area (Å²) < 4.78 is 11.6. The molecule has 1 saturated heterocycles. The molecule has 0 bridgehead atoms. The van der Waals surface area contributed by atoms with E-state index in [2.05, 4.69) is 20.8 Å². The number of rotatable bonds is 2. The summed E-state index contributed by atoms with van der Waals surface area (Å²) in [5.41, 5.74) is 0.0196. The van der Waals surface area contributed by atoms with Gasteiger partial charge in [0.25, 0.3) is 0 Å². The molecule has 0 spiro atoms. The van der Waals surface area contributed by atoms with E-state index < -0.39 is 29.9 Å². The lowest BCUT2D eigenvalue weighted by atomic mass is 9.42. The summed E-state index contributed by atoms with van der Waals surface area (Å²) in [5, 5.41) is 32.8. The first kappa shape index (κ1) is 27.1. The molecular formula is C30H46O7. The van der Waals surface area contributed by atoms with E-state index in [1.165, 1.54) is 6.92 Å². The van der Waals surface area contributed by atoms with Gasteiger partial charge in [0.2, 0.25) is 0 Å². The highest BCUT2D eigenvalue weighted by Gasteiger charge is 2.66. The maximum absolute atomic E-state index is 13.3. The van der Waals surface area contributed by atoms with Gasteiger partial charge >= 0.3 is 11.9 Å². The van der Waals surface area contributed by atoms with E-state index in [0.717, 1.165) is 31.3 Å². The van der Waals surface area contributed by atoms with Gasteiger partial charge in [-0.1, -0.05) is 20.8 Å². The zero-order valence-corrected chi connectivity index (χ0v) is 23.3. The topological polar surface area (TPSA) is 113 Å². The van der Waals surface area contributed by atoms with Crippen LogP contribution in [0.5, 0.6) is 0 Å². The molecule has 5 aliphatic rings. The second-order valence-corrected chi connectivity index (χ2v) is 14.0. The van der Waals surface area contributed by atoms with Crippen molar-refractivity contribution in [3.63, 3.8) is 0 Å². The summed E-state index contributed by atoms with van der Waals surface area (Å²) in [6, 6.07) is 0. The summed E-state index contributed by atoms with van der Waals surface area (Å²) in [6.45, 7) is 11.5. The SMILES string of the molecule is CC(=O)O[C@H]1C[C@]2(C)C3CC[C@H]4[C@H](C)[C@H](O)CC[C@]4(C)[C@@H]3C(O)C[C@H]2/C1=C1\CC[C@H](C(C)(C)O)OC1=O. The van der Waals surface area contributed by atoms with Crippen LogP contribution in [0.4, 0.5) is 0 Å². The van der Waals surface area contributed by atoms with E-state index in [1.54, 1.807) is 13.8 Å². The lowest BCUT2D eigenvalue weighted by molar-refractivity contribution is -0.191. The number of carbonyl (C=O) groups excluding carboxylic acids is 2. The normalized spacial score (nSPS) is 50.0. The van der Waals surface area contributed by atoms with Crippen molar-refractivity contribution in [2.45, 2.75) is 123 Å². The number of aliphatic hydroxyl groups is 3. The van der Waals surface area contributed by atoms with Crippen molar-refractivity contribution in [3.8, 4) is 0 Å². The van der Waals surface area contributed by atoms with Crippen molar-refractivity contribution >= 4 is 11.9 Å². The largest absolute Gasteiger partial charge is 0.458 e. The minimum atomic E-state index is -1.13. The summed E-state index contributed by atoms with van der Waals surface area (Å²) in [5.74, 6) is 0.0774. The zero-order valence-electron chi connectivity index (χ0n) is 23.3. The second kappa shape index (κ2) is 9.06. The van der Waals surface area contributed by atoms with Gasteiger partial charge in [-0.2, -0.15) is 0 Å². The molecule has 1 aliphatic heterocycles. The lowest BCUT2D eigenvalue weighted by Gasteiger charge is -2.64. The van der Waals surface area contributed by atoms with Crippen LogP contribution in [-0.2, 0) is 19.1 Å². The van der Waals surface area contributed by atoms with E-state index in [4.69, 9.17) is 9.47 Å². The molecule has 5 fully saturated rings. The van der Waals surface area contributed by atoms with Gasteiger partial charge in [-0.05, 0) is 111 Å². The molecule has 0 radical (unpaired) electrons. The van der Waals surface area contributed by atoms with Gasteiger partial charge in [0, 0.05) is 12.5 Å². The van der Waals surface area contributed by atoms with Crippen molar-refractivity contribution in [3.05, 3.63) is 11.1 Å². The Morgan fingerprint density at radius 3 is 2.35 bits per heavy atom. The number of hydrogen-bond donors (Lipinski definition) is 3. The van der Waals surface area contributed by atoms with Crippen LogP contribution in [0.2, 0.25) is 0 Å². The molecule has 3 N–H and O–H groups in total. The lowest BCUT2D eigenvalue weighted by Crippen LogP contribution is -2.61. The van der Waals surface area contributed by atoms with Crippen molar-refractivity contribution in [1.29, 1.82) is 0 Å². The van der Waals surface area contributed by atoms with Gasteiger partial charge in [0.1, 0.15) is 12.2 Å². The average Bonchev–Trinajstić information content (AvgIpc) is 3.07. The van der Waals surface area contributed by atoms with E-state index in [9.17, 15) is 24.9 Å². The third-order valence-electron chi connectivity index (χ3n) is 11.5. The molecule has 208 valence electrons. The quantitative estimate of drug-likeness (QED) is 0.375. The number of fused-ring (bicyclic) bond motifs is 5. The first-order valence-electron chi connectivity index (χ1n) is 14.4. The maximum Gasteiger partial charge on any atom is 0.334 e. The molecule has 0 amide bonds. The predicted octanol–water partition coefficient (Wildman–Crippen LogP) is 3.92.